The van der Waals surface area contributed by atoms with Crippen molar-refractivity contribution in [3.05, 3.63) is 21.7 Å². The van der Waals surface area contributed by atoms with Gasteiger partial charge in [0.15, 0.2) is 0 Å². The molecule has 0 atom stereocenters. The first-order valence-corrected chi connectivity index (χ1v) is 7.68. The third-order valence-corrected chi connectivity index (χ3v) is 4.19. The van der Waals surface area contributed by atoms with Gasteiger partial charge in [0.2, 0.25) is 5.28 Å². The van der Waals surface area contributed by atoms with Gasteiger partial charge >= 0.3 is 0 Å². The molecule has 0 saturated heterocycles. The lowest BCUT2D eigenvalue weighted by atomic mass is 9.90. The van der Waals surface area contributed by atoms with Crippen LogP contribution >= 0.6 is 23.2 Å². The van der Waals surface area contributed by atoms with Gasteiger partial charge < -0.3 is 4.74 Å². The minimum Gasteiger partial charge on any atom is -0.381 e. The maximum absolute atomic E-state index is 6.07. The Kier molecular flexibility index (Phi) is 5.86. The van der Waals surface area contributed by atoms with Crippen LogP contribution in [-0.4, -0.2) is 23.2 Å². The Morgan fingerprint density at radius 1 is 1.16 bits per heavy atom. The van der Waals surface area contributed by atoms with Crippen molar-refractivity contribution >= 4 is 23.2 Å². The zero-order valence-electron chi connectivity index (χ0n) is 11.3. The largest absolute Gasteiger partial charge is 0.381 e. The average molecular weight is 303 g/mol. The smallest absolute Gasteiger partial charge is 0.224 e. The monoisotopic (exact) mass is 302 g/mol. The van der Waals surface area contributed by atoms with Gasteiger partial charge in [-0.2, -0.15) is 0 Å². The Bertz CT molecular complexity index is 397. The van der Waals surface area contributed by atoms with Crippen LogP contribution in [0.4, 0.5) is 0 Å². The van der Waals surface area contributed by atoms with Crippen LogP contribution in [0.1, 0.15) is 43.4 Å². The van der Waals surface area contributed by atoms with E-state index in [4.69, 9.17) is 27.9 Å². The van der Waals surface area contributed by atoms with E-state index in [0.717, 1.165) is 30.2 Å². The lowest BCUT2D eigenvalue weighted by Gasteiger charge is -2.21. The van der Waals surface area contributed by atoms with E-state index in [1.54, 1.807) is 0 Å². The van der Waals surface area contributed by atoms with E-state index in [1.165, 1.54) is 32.1 Å². The van der Waals surface area contributed by atoms with Crippen LogP contribution in [-0.2, 0) is 11.2 Å². The van der Waals surface area contributed by atoms with Gasteiger partial charge in [0.25, 0.3) is 0 Å². The SMILES string of the molecule is Cc1nc(Cl)nc(Cl)c1CCOCC1CCCCC1. The zero-order valence-corrected chi connectivity index (χ0v) is 12.8. The Morgan fingerprint density at radius 3 is 2.58 bits per heavy atom. The summed E-state index contributed by atoms with van der Waals surface area (Å²) in [7, 11) is 0. The maximum atomic E-state index is 6.07. The van der Waals surface area contributed by atoms with Gasteiger partial charge in [-0.1, -0.05) is 30.9 Å². The molecule has 0 bridgehead atoms. The van der Waals surface area contributed by atoms with E-state index in [1.807, 2.05) is 6.92 Å². The van der Waals surface area contributed by atoms with Crippen molar-refractivity contribution in [2.75, 3.05) is 13.2 Å². The van der Waals surface area contributed by atoms with Crippen molar-refractivity contribution in [1.29, 1.82) is 0 Å². The van der Waals surface area contributed by atoms with E-state index in [9.17, 15) is 0 Å². The number of nitrogens with zero attached hydrogens (tertiary/aromatic N) is 2. The fourth-order valence-corrected chi connectivity index (χ4v) is 3.16. The second-order valence-corrected chi connectivity index (χ2v) is 5.87. The van der Waals surface area contributed by atoms with Gasteiger partial charge in [0.1, 0.15) is 5.15 Å². The van der Waals surface area contributed by atoms with Gasteiger partial charge in [-0.05, 0) is 37.3 Å². The molecule has 2 rings (SSSR count). The summed E-state index contributed by atoms with van der Waals surface area (Å²) in [6.45, 7) is 3.43. The van der Waals surface area contributed by atoms with Crippen LogP contribution < -0.4 is 0 Å². The summed E-state index contributed by atoms with van der Waals surface area (Å²) in [6.07, 6.45) is 7.45. The maximum Gasteiger partial charge on any atom is 0.224 e. The normalized spacial score (nSPS) is 16.8. The molecule has 1 aromatic rings. The summed E-state index contributed by atoms with van der Waals surface area (Å²) < 4.78 is 5.77. The highest BCUT2D eigenvalue weighted by Crippen LogP contribution is 2.24. The first-order chi connectivity index (χ1) is 9.16. The number of aryl methyl sites for hydroxylation is 1. The third kappa shape index (κ3) is 4.59. The van der Waals surface area contributed by atoms with Crippen LogP contribution in [0.3, 0.4) is 0 Å². The highest BCUT2D eigenvalue weighted by Gasteiger charge is 2.14. The topological polar surface area (TPSA) is 35.0 Å². The number of aromatic nitrogens is 2. The van der Waals surface area contributed by atoms with Crippen molar-refractivity contribution < 1.29 is 4.74 Å². The minimum atomic E-state index is 0.203. The standard InChI is InChI=1S/C14H20Cl2N2O/c1-10-12(13(15)18-14(16)17-10)7-8-19-9-11-5-3-2-4-6-11/h11H,2-9H2,1H3. The summed E-state index contributed by atoms with van der Waals surface area (Å²) in [5.41, 5.74) is 1.78. The van der Waals surface area contributed by atoms with Crippen LogP contribution in [0.2, 0.25) is 10.4 Å². The Balaban J connectivity index is 1.76. The second kappa shape index (κ2) is 7.41. The van der Waals surface area contributed by atoms with Crippen molar-refractivity contribution in [2.45, 2.75) is 45.4 Å². The van der Waals surface area contributed by atoms with Gasteiger partial charge in [0.05, 0.1) is 6.61 Å². The molecular weight excluding hydrogens is 283 g/mol. The molecule has 0 aliphatic heterocycles. The molecule has 19 heavy (non-hydrogen) atoms. The highest BCUT2D eigenvalue weighted by molar-refractivity contribution is 6.32. The molecule has 1 aliphatic rings. The van der Waals surface area contributed by atoms with Crippen LogP contribution in [0.5, 0.6) is 0 Å². The van der Waals surface area contributed by atoms with E-state index >= 15 is 0 Å². The molecular formula is C14H20Cl2N2O. The Hall–Kier alpha value is -0.380. The molecule has 0 unspecified atom stereocenters. The number of hydrogen-bond donors (Lipinski definition) is 0. The molecule has 0 N–H and O–H groups in total. The molecule has 1 aromatic heterocycles. The van der Waals surface area contributed by atoms with Crippen molar-refractivity contribution in [3.63, 3.8) is 0 Å². The fraction of sp³-hybridized carbons (Fsp3) is 0.714. The quantitative estimate of drug-likeness (QED) is 0.464. The Labute approximate surface area is 124 Å². The number of hydrogen-bond acceptors (Lipinski definition) is 3. The molecule has 1 saturated carbocycles. The van der Waals surface area contributed by atoms with Gasteiger partial charge in [-0.15, -0.1) is 0 Å². The first kappa shape index (κ1) is 15.0. The van der Waals surface area contributed by atoms with Crippen LogP contribution in [0.15, 0.2) is 0 Å². The molecule has 1 aliphatic carbocycles. The van der Waals surface area contributed by atoms with E-state index in [2.05, 4.69) is 9.97 Å². The number of rotatable bonds is 5. The second-order valence-electron chi connectivity index (χ2n) is 5.18. The van der Waals surface area contributed by atoms with E-state index in [-0.39, 0.29) is 5.28 Å². The van der Waals surface area contributed by atoms with Gasteiger partial charge in [-0.3, -0.25) is 0 Å². The van der Waals surface area contributed by atoms with Crippen molar-refractivity contribution in [3.8, 4) is 0 Å². The summed E-state index contributed by atoms with van der Waals surface area (Å²) >= 11 is 11.8. The van der Waals surface area contributed by atoms with Gasteiger partial charge in [0, 0.05) is 24.3 Å². The highest BCUT2D eigenvalue weighted by atomic mass is 35.5. The van der Waals surface area contributed by atoms with Gasteiger partial charge in [-0.25, -0.2) is 9.97 Å². The summed E-state index contributed by atoms with van der Waals surface area (Å²) in [4.78, 5) is 8.08. The fourth-order valence-electron chi connectivity index (χ4n) is 2.59. The number of halogens is 2. The summed E-state index contributed by atoms with van der Waals surface area (Å²) in [5.74, 6) is 0.742. The first-order valence-electron chi connectivity index (χ1n) is 6.93. The summed E-state index contributed by atoms with van der Waals surface area (Å²) in [5, 5.41) is 0.646. The van der Waals surface area contributed by atoms with Crippen LogP contribution in [0, 0.1) is 12.8 Å². The third-order valence-electron chi connectivity index (χ3n) is 3.71. The molecule has 5 heteroatoms. The van der Waals surface area contributed by atoms with Crippen molar-refractivity contribution in [1.82, 2.24) is 9.97 Å². The van der Waals surface area contributed by atoms with Crippen molar-refractivity contribution in [2.24, 2.45) is 5.92 Å². The summed E-state index contributed by atoms with van der Waals surface area (Å²) in [6, 6.07) is 0. The molecule has 3 nitrogen and oxygen atoms in total. The molecule has 1 fully saturated rings. The lowest BCUT2D eigenvalue weighted by Crippen LogP contribution is -2.14. The predicted molar refractivity (Wildman–Crippen MR) is 77.9 cm³/mol. The predicted octanol–water partition coefficient (Wildman–Crippen LogP) is 4.23. The molecule has 0 amide bonds. The molecule has 0 spiro atoms. The average Bonchev–Trinajstić information content (AvgIpc) is 2.38. The molecule has 106 valence electrons. The molecule has 1 heterocycles. The van der Waals surface area contributed by atoms with E-state index < -0.39 is 0 Å². The Morgan fingerprint density at radius 2 is 1.89 bits per heavy atom. The van der Waals surface area contributed by atoms with E-state index in [0.29, 0.717) is 11.8 Å². The minimum absolute atomic E-state index is 0.203. The molecule has 0 aromatic carbocycles. The van der Waals surface area contributed by atoms with Crippen LogP contribution in [0.25, 0.3) is 0 Å². The lowest BCUT2D eigenvalue weighted by molar-refractivity contribution is 0.0873. The number of ether oxygens (including phenoxy) is 1. The zero-order chi connectivity index (χ0) is 13.7. The molecule has 0 radical (unpaired) electrons.